The zero-order valence-electron chi connectivity index (χ0n) is 15.1. The third-order valence-corrected chi connectivity index (χ3v) is 4.73. The van der Waals surface area contributed by atoms with Gasteiger partial charge >= 0.3 is 0 Å². The molecule has 6 nitrogen and oxygen atoms in total. The Kier molecular flexibility index (Phi) is 5.11. The summed E-state index contributed by atoms with van der Waals surface area (Å²) in [6.07, 6.45) is 0.181. The highest BCUT2D eigenvalue weighted by Crippen LogP contribution is 2.38. The van der Waals surface area contributed by atoms with Crippen molar-refractivity contribution in [2.75, 3.05) is 26.6 Å². The van der Waals surface area contributed by atoms with Gasteiger partial charge in [-0.1, -0.05) is 30.3 Å². The Morgan fingerprint density at radius 2 is 1.85 bits per heavy atom. The molecule has 1 aliphatic rings. The highest BCUT2D eigenvalue weighted by atomic mass is 16.5. The lowest BCUT2D eigenvalue weighted by Crippen LogP contribution is -2.30. The number of nitrogens with one attached hydrogen (secondary N) is 1. The molecule has 136 valence electrons. The van der Waals surface area contributed by atoms with Crippen molar-refractivity contribution >= 4 is 17.5 Å². The van der Waals surface area contributed by atoms with Crippen LogP contribution in [0.2, 0.25) is 0 Å². The fraction of sp³-hybridized carbons (Fsp3) is 0.300. The molecule has 3 rings (SSSR count). The third-order valence-electron chi connectivity index (χ3n) is 4.73. The number of anilines is 1. The van der Waals surface area contributed by atoms with Crippen molar-refractivity contribution in [2.24, 2.45) is 5.92 Å². The van der Waals surface area contributed by atoms with Gasteiger partial charge in [0, 0.05) is 19.5 Å². The van der Waals surface area contributed by atoms with E-state index < -0.39 is 5.92 Å². The minimum Gasteiger partial charge on any atom is -0.497 e. The maximum Gasteiger partial charge on any atom is 0.230 e. The summed E-state index contributed by atoms with van der Waals surface area (Å²) in [4.78, 5) is 26.8. The lowest BCUT2D eigenvalue weighted by atomic mass is 9.93. The van der Waals surface area contributed by atoms with Gasteiger partial charge in [-0.2, -0.15) is 0 Å². The zero-order valence-corrected chi connectivity index (χ0v) is 15.1. The molecule has 1 saturated heterocycles. The van der Waals surface area contributed by atoms with Gasteiger partial charge in [0.05, 0.1) is 31.9 Å². The Bertz CT molecular complexity index is 807. The first kappa shape index (κ1) is 17.8. The van der Waals surface area contributed by atoms with Crippen LogP contribution in [0.1, 0.15) is 18.0 Å². The second-order valence-corrected chi connectivity index (χ2v) is 6.23. The summed E-state index contributed by atoms with van der Waals surface area (Å²) in [5.74, 6) is 0.423. The number of hydrogen-bond acceptors (Lipinski definition) is 4. The lowest BCUT2D eigenvalue weighted by molar-refractivity contribution is -0.127. The molecule has 2 atom stereocenters. The standard InChI is InChI=1S/C20H22N2O4/c1-22-18(23)12-15(19(22)13-7-5-4-6-8-13)20(24)21-16-10-9-14(25-2)11-17(16)26-3/h4-11,15,19H,12H2,1-3H3,(H,21,24)/t15-,19-/m1/s1. The molecular formula is C20H22N2O4. The minimum absolute atomic E-state index is 0.0410. The number of rotatable bonds is 5. The molecule has 0 aromatic heterocycles. The quantitative estimate of drug-likeness (QED) is 0.896. The van der Waals surface area contributed by atoms with E-state index in [9.17, 15) is 9.59 Å². The summed E-state index contributed by atoms with van der Waals surface area (Å²) in [7, 11) is 4.84. The topological polar surface area (TPSA) is 67.9 Å². The van der Waals surface area contributed by atoms with E-state index >= 15 is 0 Å². The van der Waals surface area contributed by atoms with Gasteiger partial charge in [0.2, 0.25) is 11.8 Å². The fourth-order valence-electron chi connectivity index (χ4n) is 3.34. The number of nitrogens with zero attached hydrogens (tertiary/aromatic N) is 1. The Morgan fingerprint density at radius 3 is 2.50 bits per heavy atom. The van der Waals surface area contributed by atoms with Gasteiger partial charge in [0.25, 0.3) is 0 Å². The molecule has 2 aromatic carbocycles. The molecule has 2 aromatic rings. The monoisotopic (exact) mass is 354 g/mol. The second-order valence-electron chi connectivity index (χ2n) is 6.23. The van der Waals surface area contributed by atoms with Crippen LogP contribution < -0.4 is 14.8 Å². The van der Waals surface area contributed by atoms with Crippen molar-refractivity contribution in [1.82, 2.24) is 4.90 Å². The van der Waals surface area contributed by atoms with Crippen LogP contribution in [0.3, 0.4) is 0 Å². The summed E-state index contributed by atoms with van der Waals surface area (Å²) in [5, 5.41) is 2.90. The van der Waals surface area contributed by atoms with E-state index in [1.165, 1.54) is 7.11 Å². The Balaban J connectivity index is 1.86. The van der Waals surface area contributed by atoms with Crippen molar-refractivity contribution in [3.8, 4) is 11.5 Å². The molecule has 1 fully saturated rings. The number of amides is 2. The van der Waals surface area contributed by atoms with E-state index in [1.807, 2.05) is 30.3 Å². The largest absolute Gasteiger partial charge is 0.497 e. The Morgan fingerprint density at radius 1 is 1.12 bits per heavy atom. The number of carbonyl (C=O) groups excluding carboxylic acids is 2. The van der Waals surface area contributed by atoms with Crippen LogP contribution in [0, 0.1) is 5.92 Å². The van der Waals surface area contributed by atoms with Gasteiger partial charge in [0.1, 0.15) is 11.5 Å². The summed E-state index contributed by atoms with van der Waals surface area (Å²) >= 11 is 0. The van der Waals surface area contributed by atoms with Crippen molar-refractivity contribution in [3.63, 3.8) is 0 Å². The maximum absolute atomic E-state index is 12.9. The fourth-order valence-corrected chi connectivity index (χ4v) is 3.34. The first-order valence-corrected chi connectivity index (χ1v) is 8.38. The number of carbonyl (C=O) groups is 2. The number of benzene rings is 2. The SMILES string of the molecule is COc1ccc(NC(=O)[C@@H]2CC(=O)N(C)[C@@H]2c2ccccc2)c(OC)c1. The molecule has 0 spiro atoms. The van der Waals surface area contributed by atoms with Gasteiger partial charge in [-0.15, -0.1) is 0 Å². The van der Waals surface area contributed by atoms with Crippen LogP contribution >= 0.6 is 0 Å². The van der Waals surface area contributed by atoms with Gasteiger partial charge in [-0.3, -0.25) is 9.59 Å². The molecule has 0 bridgehead atoms. The van der Waals surface area contributed by atoms with Crippen LogP contribution in [0.5, 0.6) is 11.5 Å². The third kappa shape index (κ3) is 3.35. The number of methoxy groups -OCH3 is 2. The van der Waals surface area contributed by atoms with Gasteiger partial charge in [-0.05, 0) is 17.7 Å². The van der Waals surface area contributed by atoms with Crippen molar-refractivity contribution in [2.45, 2.75) is 12.5 Å². The average Bonchev–Trinajstić information content (AvgIpc) is 2.97. The van der Waals surface area contributed by atoms with Crippen LogP contribution in [-0.4, -0.2) is 38.0 Å². The van der Waals surface area contributed by atoms with E-state index in [2.05, 4.69) is 5.32 Å². The van der Waals surface area contributed by atoms with Crippen LogP contribution in [0.25, 0.3) is 0 Å². The molecule has 0 unspecified atom stereocenters. The Hall–Kier alpha value is -3.02. The van der Waals surface area contributed by atoms with E-state index in [1.54, 1.807) is 37.3 Å². The first-order valence-electron chi connectivity index (χ1n) is 8.38. The lowest BCUT2D eigenvalue weighted by Gasteiger charge is -2.25. The molecular weight excluding hydrogens is 332 g/mol. The van der Waals surface area contributed by atoms with E-state index in [-0.39, 0.29) is 24.3 Å². The number of hydrogen-bond donors (Lipinski definition) is 1. The normalized spacial score (nSPS) is 19.3. The smallest absolute Gasteiger partial charge is 0.230 e. The summed E-state index contributed by atoms with van der Waals surface area (Å²) < 4.78 is 10.5. The summed E-state index contributed by atoms with van der Waals surface area (Å²) in [6, 6.07) is 14.5. The minimum atomic E-state index is -0.471. The Labute approximate surface area is 152 Å². The maximum atomic E-state index is 12.9. The number of likely N-dealkylation sites (tertiary alicyclic amines) is 1. The molecule has 1 aliphatic heterocycles. The molecule has 0 aliphatic carbocycles. The van der Waals surface area contributed by atoms with Gasteiger partial charge in [0.15, 0.2) is 0 Å². The summed E-state index contributed by atoms with van der Waals surface area (Å²) in [6.45, 7) is 0. The van der Waals surface area contributed by atoms with Crippen LogP contribution in [0.4, 0.5) is 5.69 Å². The van der Waals surface area contributed by atoms with Gasteiger partial charge < -0.3 is 19.7 Å². The average molecular weight is 354 g/mol. The van der Waals surface area contributed by atoms with E-state index in [0.29, 0.717) is 17.2 Å². The molecule has 26 heavy (non-hydrogen) atoms. The van der Waals surface area contributed by atoms with Crippen LogP contribution in [-0.2, 0) is 9.59 Å². The summed E-state index contributed by atoms with van der Waals surface area (Å²) in [5.41, 5.74) is 1.50. The predicted molar refractivity (Wildman–Crippen MR) is 98.2 cm³/mol. The molecule has 2 amide bonds. The molecule has 6 heteroatoms. The molecule has 0 radical (unpaired) electrons. The highest BCUT2D eigenvalue weighted by molar-refractivity contribution is 5.98. The van der Waals surface area contributed by atoms with E-state index in [4.69, 9.17) is 9.47 Å². The molecule has 1 heterocycles. The van der Waals surface area contributed by atoms with E-state index in [0.717, 1.165) is 5.56 Å². The van der Waals surface area contributed by atoms with Gasteiger partial charge in [-0.25, -0.2) is 0 Å². The zero-order chi connectivity index (χ0) is 18.7. The molecule has 1 N–H and O–H groups in total. The van der Waals surface area contributed by atoms with Crippen LogP contribution in [0.15, 0.2) is 48.5 Å². The van der Waals surface area contributed by atoms with Crippen molar-refractivity contribution in [1.29, 1.82) is 0 Å². The van der Waals surface area contributed by atoms with Crippen molar-refractivity contribution < 1.29 is 19.1 Å². The second kappa shape index (κ2) is 7.47. The number of ether oxygens (including phenoxy) is 2. The predicted octanol–water partition coefficient (Wildman–Crippen LogP) is 2.86. The molecule has 0 saturated carbocycles. The highest BCUT2D eigenvalue weighted by Gasteiger charge is 2.42. The van der Waals surface area contributed by atoms with Crippen molar-refractivity contribution in [3.05, 3.63) is 54.1 Å². The first-order chi connectivity index (χ1) is 12.5.